The van der Waals surface area contributed by atoms with Gasteiger partial charge in [-0.3, -0.25) is 0 Å². The molecule has 1 heterocycles. The van der Waals surface area contributed by atoms with Crippen LogP contribution < -0.4 is 0 Å². The van der Waals surface area contributed by atoms with Crippen LogP contribution in [-0.2, 0) is 6.54 Å². The normalized spacial score (nSPS) is 11.5. The number of benzene rings is 2. The molecule has 3 rings (SSSR count). The van der Waals surface area contributed by atoms with E-state index >= 15 is 0 Å². The van der Waals surface area contributed by atoms with Crippen LogP contribution >= 0.6 is 23.2 Å². The highest BCUT2D eigenvalue weighted by Crippen LogP contribution is 2.29. The molecule has 0 saturated heterocycles. The van der Waals surface area contributed by atoms with Gasteiger partial charge in [-0.15, -0.1) is 0 Å². The number of rotatable bonds is 5. The van der Waals surface area contributed by atoms with E-state index in [2.05, 4.69) is 36.6 Å². The van der Waals surface area contributed by atoms with E-state index in [9.17, 15) is 0 Å². The zero-order valence-electron chi connectivity index (χ0n) is 13.4. The molecule has 0 aliphatic rings. The average molecular weight is 347 g/mol. The highest BCUT2D eigenvalue weighted by atomic mass is 35.5. The Morgan fingerprint density at radius 2 is 1.74 bits per heavy atom. The van der Waals surface area contributed by atoms with Crippen molar-refractivity contribution in [3.8, 4) is 0 Å². The molecule has 0 radical (unpaired) electrons. The van der Waals surface area contributed by atoms with E-state index in [0.717, 1.165) is 36.3 Å². The molecule has 23 heavy (non-hydrogen) atoms. The van der Waals surface area contributed by atoms with Crippen molar-refractivity contribution in [2.24, 2.45) is 0 Å². The van der Waals surface area contributed by atoms with E-state index in [0.29, 0.717) is 16.0 Å². The Bertz CT molecular complexity index is 819. The largest absolute Gasteiger partial charge is 0.323 e. The second-order valence-electron chi connectivity index (χ2n) is 5.81. The minimum absolute atomic E-state index is 0.463. The van der Waals surface area contributed by atoms with Gasteiger partial charge in [0.25, 0.3) is 0 Å². The van der Waals surface area contributed by atoms with Gasteiger partial charge in [0.15, 0.2) is 0 Å². The van der Waals surface area contributed by atoms with E-state index in [1.165, 1.54) is 5.52 Å². The summed E-state index contributed by atoms with van der Waals surface area (Å²) in [6.07, 6.45) is 2.17. The number of nitrogens with zero attached hydrogens (tertiary/aromatic N) is 2. The fourth-order valence-electron chi connectivity index (χ4n) is 3.05. The summed E-state index contributed by atoms with van der Waals surface area (Å²) in [5.41, 5.74) is 3.35. The van der Waals surface area contributed by atoms with Gasteiger partial charge in [0.2, 0.25) is 0 Å². The van der Waals surface area contributed by atoms with Crippen molar-refractivity contribution in [2.45, 2.75) is 39.2 Å². The molecule has 0 fully saturated rings. The molecule has 0 N–H and O–H groups in total. The summed E-state index contributed by atoms with van der Waals surface area (Å²) in [5.74, 6) is 1.62. The van der Waals surface area contributed by atoms with Crippen LogP contribution in [-0.4, -0.2) is 9.55 Å². The minimum atomic E-state index is 0.463. The van der Waals surface area contributed by atoms with Crippen molar-refractivity contribution in [3.05, 3.63) is 63.9 Å². The zero-order valence-corrected chi connectivity index (χ0v) is 14.9. The van der Waals surface area contributed by atoms with Gasteiger partial charge in [-0.05, 0) is 42.7 Å². The van der Waals surface area contributed by atoms with Crippen LogP contribution in [0.1, 0.15) is 44.0 Å². The zero-order chi connectivity index (χ0) is 16.4. The van der Waals surface area contributed by atoms with Crippen molar-refractivity contribution in [1.82, 2.24) is 9.55 Å². The van der Waals surface area contributed by atoms with Crippen LogP contribution in [0.3, 0.4) is 0 Å². The van der Waals surface area contributed by atoms with Crippen molar-refractivity contribution in [3.63, 3.8) is 0 Å². The number of hydrogen-bond donors (Lipinski definition) is 0. The molecule has 0 saturated carbocycles. The molecule has 1 aromatic heterocycles. The number of para-hydroxylation sites is 2. The summed E-state index contributed by atoms with van der Waals surface area (Å²) in [6.45, 7) is 5.19. The lowest BCUT2D eigenvalue weighted by molar-refractivity contribution is 0.570. The molecule has 120 valence electrons. The summed E-state index contributed by atoms with van der Waals surface area (Å²) in [4.78, 5) is 4.89. The first-order chi connectivity index (χ1) is 11.1. The number of halogens is 2. The second-order valence-corrected chi connectivity index (χ2v) is 6.62. The third-order valence-corrected chi connectivity index (χ3v) is 5.10. The molecule has 0 aliphatic heterocycles. The third kappa shape index (κ3) is 3.24. The Morgan fingerprint density at radius 1 is 1.00 bits per heavy atom. The highest BCUT2D eigenvalue weighted by molar-refractivity contribution is 6.42. The monoisotopic (exact) mass is 346 g/mol. The fraction of sp³-hybridized carbons (Fsp3) is 0.316. The van der Waals surface area contributed by atoms with E-state index in [1.54, 1.807) is 0 Å². The summed E-state index contributed by atoms with van der Waals surface area (Å²) >= 11 is 12.2. The van der Waals surface area contributed by atoms with Gasteiger partial charge < -0.3 is 4.57 Å². The average Bonchev–Trinajstić information content (AvgIpc) is 2.91. The van der Waals surface area contributed by atoms with Crippen LogP contribution in [0.25, 0.3) is 11.0 Å². The van der Waals surface area contributed by atoms with Gasteiger partial charge >= 0.3 is 0 Å². The van der Waals surface area contributed by atoms with Gasteiger partial charge in [-0.1, -0.05) is 55.2 Å². The maximum absolute atomic E-state index is 6.17. The van der Waals surface area contributed by atoms with Crippen molar-refractivity contribution < 1.29 is 0 Å². The third-order valence-electron chi connectivity index (χ3n) is 4.36. The molecule has 2 aromatic carbocycles. The van der Waals surface area contributed by atoms with Crippen LogP contribution in [0.5, 0.6) is 0 Å². The van der Waals surface area contributed by atoms with Crippen LogP contribution in [0.4, 0.5) is 0 Å². The molecule has 0 bridgehead atoms. The van der Waals surface area contributed by atoms with Gasteiger partial charge in [-0.2, -0.15) is 0 Å². The van der Waals surface area contributed by atoms with E-state index in [1.807, 2.05) is 24.3 Å². The topological polar surface area (TPSA) is 17.8 Å². The molecule has 0 unspecified atom stereocenters. The lowest BCUT2D eigenvalue weighted by atomic mass is 10.0. The van der Waals surface area contributed by atoms with Gasteiger partial charge in [-0.25, -0.2) is 4.98 Å². The van der Waals surface area contributed by atoms with E-state index < -0.39 is 0 Å². The predicted octanol–water partition coefficient (Wildman–Crippen LogP) is 6.30. The summed E-state index contributed by atoms with van der Waals surface area (Å²) in [5, 5.41) is 1.18. The maximum atomic E-state index is 6.17. The minimum Gasteiger partial charge on any atom is -0.323 e. The number of imidazole rings is 1. The molecular formula is C19H20Cl2N2. The molecule has 3 aromatic rings. The standard InChI is InChI=1S/C19H20Cl2N2/c1-3-14(4-2)19-22-17-7-5-6-8-18(17)23(19)12-13-9-10-15(20)16(21)11-13/h5-11,14H,3-4,12H2,1-2H3. The van der Waals surface area contributed by atoms with Gasteiger partial charge in [0.1, 0.15) is 5.82 Å². The van der Waals surface area contributed by atoms with Crippen molar-refractivity contribution >= 4 is 34.2 Å². The molecule has 0 aliphatic carbocycles. The molecular weight excluding hydrogens is 327 g/mol. The summed E-state index contributed by atoms with van der Waals surface area (Å²) in [6, 6.07) is 14.1. The van der Waals surface area contributed by atoms with Crippen LogP contribution in [0, 0.1) is 0 Å². The van der Waals surface area contributed by atoms with Crippen molar-refractivity contribution in [1.29, 1.82) is 0 Å². The Kier molecular flexibility index (Phi) is 4.93. The van der Waals surface area contributed by atoms with E-state index in [-0.39, 0.29) is 0 Å². The SMILES string of the molecule is CCC(CC)c1nc2ccccc2n1Cc1ccc(Cl)c(Cl)c1. The lowest BCUT2D eigenvalue weighted by Gasteiger charge is -2.16. The van der Waals surface area contributed by atoms with Crippen molar-refractivity contribution in [2.75, 3.05) is 0 Å². The summed E-state index contributed by atoms with van der Waals surface area (Å²) in [7, 11) is 0. The molecule has 0 atom stereocenters. The maximum Gasteiger partial charge on any atom is 0.113 e. The Hall–Kier alpha value is -1.51. The molecule has 2 nitrogen and oxygen atoms in total. The fourth-order valence-corrected chi connectivity index (χ4v) is 3.37. The smallest absolute Gasteiger partial charge is 0.113 e. The Labute approximate surface area is 147 Å². The van der Waals surface area contributed by atoms with Crippen LogP contribution in [0.15, 0.2) is 42.5 Å². The lowest BCUT2D eigenvalue weighted by Crippen LogP contribution is -2.09. The van der Waals surface area contributed by atoms with Gasteiger partial charge in [0, 0.05) is 12.5 Å². The summed E-state index contributed by atoms with van der Waals surface area (Å²) < 4.78 is 2.31. The van der Waals surface area contributed by atoms with Gasteiger partial charge in [0.05, 0.1) is 21.1 Å². The molecule has 4 heteroatoms. The van der Waals surface area contributed by atoms with Crippen LogP contribution in [0.2, 0.25) is 10.0 Å². The number of hydrogen-bond acceptors (Lipinski definition) is 1. The second kappa shape index (κ2) is 6.94. The first-order valence-corrected chi connectivity index (χ1v) is 8.78. The number of fused-ring (bicyclic) bond motifs is 1. The first kappa shape index (κ1) is 16.4. The quantitative estimate of drug-likeness (QED) is 0.530. The Morgan fingerprint density at radius 3 is 2.43 bits per heavy atom. The number of aromatic nitrogens is 2. The first-order valence-electron chi connectivity index (χ1n) is 8.03. The molecule has 0 amide bonds. The predicted molar refractivity (Wildman–Crippen MR) is 98.6 cm³/mol. The van der Waals surface area contributed by atoms with E-state index in [4.69, 9.17) is 28.2 Å². The highest BCUT2D eigenvalue weighted by Gasteiger charge is 2.17. The Balaban J connectivity index is 2.10. The molecule has 0 spiro atoms.